The number of amides is 1. The average molecular weight is 346 g/mol. The van der Waals surface area contributed by atoms with Crippen LogP contribution in [0.5, 0.6) is 0 Å². The normalized spacial score (nSPS) is 16.8. The Hall–Kier alpha value is -2.15. The molecule has 1 amide bonds. The summed E-state index contributed by atoms with van der Waals surface area (Å²) in [7, 11) is 0. The van der Waals surface area contributed by atoms with Gasteiger partial charge in [-0.1, -0.05) is 23.7 Å². The molecule has 1 fully saturated rings. The first kappa shape index (κ1) is 16.7. The van der Waals surface area contributed by atoms with E-state index in [1.54, 1.807) is 17.2 Å². The molecule has 24 heavy (non-hydrogen) atoms. The highest BCUT2D eigenvalue weighted by atomic mass is 35.5. The molecule has 0 radical (unpaired) electrons. The molecule has 1 atom stereocenters. The lowest BCUT2D eigenvalue weighted by molar-refractivity contribution is 0.0571. The molecule has 126 valence electrons. The number of carbonyl (C=O) groups is 1. The molecule has 0 spiro atoms. The number of rotatable bonds is 3. The van der Waals surface area contributed by atoms with Gasteiger partial charge in [-0.3, -0.25) is 14.7 Å². The van der Waals surface area contributed by atoms with Crippen molar-refractivity contribution in [2.75, 3.05) is 31.9 Å². The van der Waals surface area contributed by atoms with Crippen molar-refractivity contribution in [3.05, 3.63) is 58.9 Å². The maximum atomic E-state index is 12.5. The molecule has 3 rings (SSSR count). The van der Waals surface area contributed by atoms with Crippen LogP contribution in [0.4, 0.5) is 5.69 Å². The first-order valence-corrected chi connectivity index (χ1v) is 8.17. The molecule has 7 heteroatoms. The van der Waals surface area contributed by atoms with Crippen molar-refractivity contribution >= 4 is 23.2 Å². The third kappa shape index (κ3) is 3.67. The van der Waals surface area contributed by atoms with Crippen molar-refractivity contribution in [1.29, 1.82) is 0 Å². The fraction of sp³-hybridized carbons (Fsp3) is 0.294. The number of hydrogen-bond acceptors (Lipinski definition) is 5. The number of nitrogen functional groups attached to an aromatic ring is 1. The van der Waals surface area contributed by atoms with Gasteiger partial charge in [0.25, 0.3) is 5.91 Å². The standard InChI is InChI=1S/C17H20ClN5O/c18-14-3-1-2-12(8-14)16(20)22-4-6-23(7-5-22)17(24)13-9-15(19)11-21-10-13/h1-3,8-11,16H,4-7,19-20H2. The number of piperazine rings is 1. The lowest BCUT2D eigenvalue weighted by Gasteiger charge is -2.38. The number of nitrogens with two attached hydrogens (primary N) is 2. The third-order valence-electron chi connectivity index (χ3n) is 4.19. The van der Waals surface area contributed by atoms with Crippen LogP contribution in [0.3, 0.4) is 0 Å². The summed E-state index contributed by atoms with van der Waals surface area (Å²) in [6.45, 7) is 2.63. The van der Waals surface area contributed by atoms with Gasteiger partial charge in [-0.25, -0.2) is 0 Å². The van der Waals surface area contributed by atoms with Gasteiger partial charge in [0.2, 0.25) is 0 Å². The quantitative estimate of drug-likeness (QED) is 0.884. The van der Waals surface area contributed by atoms with E-state index < -0.39 is 0 Å². The van der Waals surface area contributed by atoms with Gasteiger partial charge in [-0.15, -0.1) is 0 Å². The highest BCUT2D eigenvalue weighted by Gasteiger charge is 2.26. The second-order valence-corrected chi connectivity index (χ2v) is 6.27. The number of aromatic nitrogens is 1. The summed E-state index contributed by atoms with van der Waals surface area (Å²) < 4.78 is 0. The fourth-order valence-corrected chi connectivity index (χ4v) is 3.06. The van der Waals surface area contributed by atoms with Gasteiger partial charge in [0.15, 0.2) is 0 Å². The zero-order valence-electron chi connectivity index (χ0n) is 13.2. The molecule has 1 aliphatic rings. The zero-order valence-corrected chi connectivity index (χ0v) is 14.0. The van der Waals surface area contributed by atoms with Crippen molar-refractivity contribution in [1.82, 2.24) is 14.8 Å². The highest BCUT2D eigenvalue weighted by Crippen LogP contribution is 2.21. The van der Waals surface area contributed by atoms with Crippen LogP contribution in [-0.4, -0.2) is 46.9 Å². The Morgan fingerprint density at radius 3 is 2.58 bits per heavy atom. The molecule has 1 saturated heterocycles. The summed E-state index contributed by atoms with van der Waals surface area (Å²) >= 11 is 6.03. The van der Waals surface area contributed by atoms with E-state index in [0.717, 1.165) is 5.56 Å². The van der Waals surface area contributed by atoms with E-state index in [9.17, 15) is 4.79 Å². The number of pyridine rings is 1. The number of anilines is 1. The first-order chi connectivity index (χ1) is 11.5. The minimum Gasteiger partial charge on any atom is -0.397 e. The molecule has 2 heterocycles. The van der Waals surface area contributed by atoms with Gasteiger partial charge in [0.05, 0.1) is 17.4 Å². The molecular weight excluding hydrogens is 326 g/mol. The molecule has 1 aromatic carbocycles. The molecule has 1 aliphatic heterocycles. The molecule has 0 bridgehead atoms. The summed E-state index contributed by atoms with van der Waals surface area (Å²) in [6.07, 6.45) is 2.84. The van der Waals surface area contributed by atoms with Crippen LogP contribution in [0.25, 0.3) is 0 Å². The third-order valence-corrected chi connectivity index (χ3v) is 4.43. The summed E-state index contributed by atoms with van der Waals surface area (Å²) in [6, 6.07) is 9.21. The number of halogens is 1. The molecule has 1 aromatic heterocycles. The van der Waals surface area contributed by atoms with E-state index in [4.69, 9.17) is 23.1 Å². The summed E-state index contributed by atoms with van der Waals surface area (Å²) in [4.78, 5) is 20.4. The Balaban J connectivity index is 1.62. The monoisotopic (exact) mass is 345 g/mol. The highest BCUT2D eigenvalue weighted by molar-refractivity contribution is 6.30. The van der Waals surface area contributed by atoms with E-state index in [1.807, 2.05) is 24.3 Å². The van der Waals surface area contributed by atoms with Crippen molar-refractivity contribution in [3.8, 4) is 0 Å². The van der Waals surface area contributed by atoms with Crippen LogP contribution in [0.2, 0.25) is 5.02 Å². The Bertz CT molecular complexity index is 730. The molecule has 4 N–H and O–H groups in total. The van der Waals surface area contributed by atoms with Crippen LogP contribution < -0.4 is 11.5 Å². The van der Waals surface area contributed by atoms with Crippen LogP contribution in [0.15, 0.2) is 42.7 Å². The van der Waals surface area contributed by atoms with Gasteiger partial charge >= 0.3 is 0 Å². The largest absolute Gasteiger partial charge is 0.397 e. The number of carbonyl (C=O) groups excluding carboxylic acids is 1. The van der Waals surface area contributed by atoms with E-state index in [1.165, 1.54) is 6.20 Å². The van der Waals surface area contributed by atoms with Crippen molar-refractivity contribution in [2.45, 2.75) is 6.17 Å². The smallest absolute Gasteiger partial charge is 0.255 e. The fourth-order valence-electron chi connectivity index (χ4n) is 2.86. The van der Waals surface area contributed by atoms with Gasteiger partial charge in [-0.05, 0) is 23.8 Å². The predicted molar refractivity (Wildman–Crippen MR) is 94.5 cm³/mol. The lowest BCUT2D eigenvalue weighted by Crippen LogP contribution is -2.51. The molecule has 2 aromatic rings. The van der Waals surface area contributed by atoms with Crippen LogP contribution >= 0.6 is 11.6 Å². The summed E-state index contributed by atoms with van der Waals surface area (Å²) in [5, 5.41) is 0.672. The molecule has 6 nitrogen and oxygen atoms in total. The maximum Gasteiger partial charge on any atom is 0.255 e. The van der Waals surface area contributed by atoms with E-state index in [0.29, 0.717) is 42.5 Å². The molecular formula is C17H20ClN5O. The number of nitrogens with zero attached hydrogens (tertiary/aromatic N) is 3. The van der Waals surface area contributed by atoms with Crippen molar-refractivity contribution in [3.63, 3.8) is 0 Å². The first-order valence-electron chi connectivity index (χ1n) is 7.79. The maximum absolute atomic E-state index is 12.5. The molecule has 0 saturated carbocycles. The Morgan fingerprint density at radius 1 is 1.17 bits per heavy atom. The minimum atomic E-state index is -0.227. The Labute approximate surface area is 146 Å². The molecule has 0 aliphatic carbocycles. The Morgan fingerprint density at radius 2 is 1.92 bits per heavy atom. The van der Waals surface area contributed by atoms with Crippen molar-refractivity contribution < 1.29 is 4.79 Å². The van der Waals surface area contributed by atoms with Gasteiger partial charge < -0.3 is 16.4 Å². The van der Waals surface area contributed by atoms with E-state index in [-0.39, 0.29) is 12.1 Å². The van der Waals surface area contributed by atoms with Crippen LogP contribution in [0.1, 0.15) is 22.1 Å². The number of hydrogen-bond donors (Lipinski definition) is 2. The second kappa shape index (κ2) is 7.17. The minimum absolute atomic E-state index is 0.0502. The molecule has 1 unspecified atom stereocenters. The van der Waals surface area contributed by atoms with Crippen molar-refractivity contribution in [2.24, 2.45) is 5.73 Å². The van der Waals surface area contributed by atoms with E-state index >= 15 is 0 Å². The zero-order chi connectivity index (χ0) is 17.1. The average Bonchev–Trinajstić information content (AvgIpc) is 2.60. The van der Waals surface area contributed by atoms with E-state index in [2.05, 4.69) is 9.88 Å². The second-order valence-electron chi connectivity index (χ2n) is 5.83. The van der Waals surface area contributed by atoms with Gasteiger partial charge in [0.1, 0.15) is 0 Å². The topological polar surface area (TPSA) is 88.5 Å². The number of benzene rings is 1. The van der Waals surface area contributed by atoms with Gasteiger partial charge in [-0.2, -0.15) is 0 Å². The van der Waals surface area contributed by atoms with Gasteiger partial charge in [0, 0.05) is 43.6 Å². The van der Waals surface area contributed by atoms with Crippen LogP contribution in [0, 0.1) is 0 Å². The van der Waals surface area contributed by atoms with Crippen LogP contribution in [-0.2, 0) is 0 Å². The SMILES string of the molecule is Nc1cncc(C(=O)N2CCN(C(N)c3cccc(Cl)c3)CC2)c1. The summed E-state index contributed by atoms with van der Waals surface area (Å²) in [5.74, 6) is -0.0502. The predicted octanol–water partition coefficient (Wildman–Crippen LogP) is 1.73. The lowest BCUT2D eigenvalue weighted by atomic mass is 10.1. The summed E-state index contributed by atoms with van der Waals surface area (Å²) in [5.41, 5.74) is 14.0. The Kier molecular flexibility index (Phi) is 4.99.